The number of rotatable bonds is 6. The van der Waals surface area contributed by atoms with E-state index in [4.69, 9.17) is 10.1 Å². The molecule has 0 saturated carbocycles. The molecule has 0 aliphatic rings. The summed E-state index contributed by atoms with van der Waals surface area (Å²) < 4.78 is 9.50. The molecule has 3 rings (SSSR count). The Bertz CT molecular complexity index is 895. The Morgan fingerprint density at radius 1 is 1.04 bits per heavy atom. The van der Waals surface area contributed by atoms with E-state index in [0.717, 1.165) is 28.9 Å². The Morgan fingerprint density at radius 3 is 2.33 bits per heavy atom. The number of hydrogen-bond donors (Lipinski definition) is 2. The predicted octanol–water partition coefficient (Wildman–Crippen LogP) is 2.69. The third-order valence-electron chi connectivity index (χ3n) is 4.21. The van der Waals surface area contributed by atoms with Gasteiger partial charge in [0.15, 0.2) is 0 Å². The van der Waals surface area contributed by atoms with Crippen LogP contribution in [-0.2, 0) is 13.1 Å². The van der Waals surface area contributed by atoms with Crippen molar-refractivity contribution in [2.45, 2.75) is 33.0 Å². The maximum absolute atomic E-state index is 10.4. The van der Waals surface area contributed by atoms with Crippen molar-refractivity contribution in [3.05, 3.63) is 59.7 Å². The highest BCUT2D eigenvalue weighted by molar-refractivity contribution is 5.75. The van der Waals surface area contributed by atoms with E-state index in [1.54, 1.807) is 0 Å². The highest BCUT2D eigenvalue weighted by Crippen LogP contribution is 2.17. The fourth-order valence-electron chi connectivity index (χ4n) is 2.97. The number of imidazole rings is 1. The van der Waals surface area contributed by atoms with Crippen LogP contribution in [0.3, 0.4) is 0 Å². The zero-order valence-electron chi connectivity index (χ0n) is 14.1. The highest BCUT2D eigenvalue weighted by atomic mass is 16.5. The lowest BCUT2D eigenvalue weighted by molar-refractivity contribution is 0.0918. The Hall–Kier alpha value is -2.53. The number of ether oxygens (including phenoxy) is 1. The van der Waals surface area contributed by atoms with Gasteiger partial charge in [-0.25, -0.2) is 0 Å². The van der Waals surface area contributed by atoms with Gasteiger partial charge in [0.25, 0.3) is 0 Å². The molecule has 5 nitrogen and oxygen atoms in total. The molecule has 2 aromatic carbocycles. The summed E-state index contributed by atoms with van der Waals surface area (Å²) in [5.41, 5.74) is 3.41. The van der Waals surface area contributed by atoms with Gasteiger partial charge in [-0.2, -0.15) is 0 Å². The van der Waals surface area contributed by atoms with Gasteiger partial charge in [0.05, 0.1) is 17.6 Å². The molecule has 1 aromatic heterocycles. The zero-order valence-corrected chi connectivity index (χ0v) is 14.1. The van der Waals surface area contributed by atoms with E-state index in [1.165, 1.54) is 0 Å². The van der Waals surface area contributed by atoms with Gasteiger partial charge in [-0.15, -0.1) is 0 Å². The van der Waals surface area contributed by atoms with E-state index in [-0.39, 0.29) is 6.61 Å². The van der Waals surface area contributed by atoms with Crippen molar-refractivity contribution in [2.75, 3.05) is 6.61 Å². The van der Waals surface area contributed by atoms with Crippen LogP contribution in [0.2, 0.25) is 0 Å². The van der Waals surface area contributed by atoms with Crippen LogP contribution in [0, 0.1) is 12.3 Å². The summed E-state index contributed by atoms with van der Waals surface area (Å²) in [6.07, 6.45) is -0.685. The molecule has 0 unspecified atom stereocenters. The van der Waals surface area contributed by atoms with Crippen molar-refractivity contribution in [2.24, 2.45) is 0 Å². The second-order valence-corrected chi connectivity index (χ2v) is 5.90. The molecule has 1 atom stereocenters. The number of aliphatic hydroxyl groups excluding tert-OH is 1. The lowest BCUT2D eigenvalue weighted by atomic mass is 10.2. The van der Waals surface area contributed by atoms with Crippen LogP contribution in [0.15, 0.2) is 48.5 Å². The third-order valence-corrected chi connectivity index (χ3v) is 4.21. The van der Waals surface area contributed by atoms with Gasteiger partial charge >= 0.3 is 0 Å². The number of nitrogens with zero attached hydrogens (tertiary/aromatic N) is 2. The maximum atomic E-state index is 10.4. The lowest BCUT2D eigenvalue weighted by Gasteiger charge is -2.15. The predicted molar refractivity (Wildman–Crippen MR) is 94.1 cm³/mol. The standard InChI is InChI=1S/C19H23N3O2/c1-3-21-16-9-5-6-10-17(16)22(19(21)20)12-15(23)13-24-18-11-7-4-8-14(18)2/h4-11,15,20,23H,3,12-13H2,1-2H3/t15-/m0/s1. The summed E-state index contributed by atoms with van der Waals surface area (Å²) in [7, 11) is 0. The van der Waals surface area contributed by atoms with Gasteiger partial charge in [0.1, 0.15) is 18.5 Å². The largest absolute Gasteiger partial charge is 0.491 e. The fourth-order valence-corrected chi connectivity index (χ4v) is 2.97. The average molecular weight is 325 g/mol. The number of benzene rings is 2. The lowest BCUT2D eigenvalue weighted by Crippen LogP contribution is -2.31. The van der Waals surface area contributed by atoms with Crippen molar-refractivity contribution in [3.63, 3.8) is 0 Å². The molecule has 126 valence electrons. The minimum Gasteiger partial charge on any atom is -0.491 e. The van der Waals surface area contributed by atoms with Crippen molar-refractivity contribution in [1.29, 1.82) is 5.41 Å². The Morgan fingerprint density at radius 2 is 1.67 bits per heavy atom. The Balaban J connectivity index is 1.79. The molecule has 24 heavy (non-hydrogen) atoms. The van der Waals surface area contributed by atoms with Crippen molar-refractivity contribution in [3.8, 4) is 5.75 Å². The van der Waals surface area contributed by atoms with Crippen molar-refractivity contribution in [1.82, 2.24) is 9.13 Å². The van der Waals surface area contributed by atoms with Crippen LogP contribution in [-0.4, -0.2) is 27.0 Å². The molecule has 0 fully saturated rings. The molecular formula is C19H23N3O2. The normalized spacial score (nSPS) is 12.5. The zero-order chi connectivity index (χ0) is 17.1. The van der Waals surface area contributed by atoms with Gasteiger partial charge in [-0.1, -0.05) is 30.3 Å². The SMILES string of the molecule is CCn1c(=N)n(C[C@H](O)COc2ccccc2C)c2ccccc21. The molecule has 0 amide bonds. The van der Waals surface area contributed by atoms with E-state index >= 15 is 0 Å². The van der Waals surface area contributed by atoms with Crippen LogP contribution in [0.5, 0.6) is 5.75 Å². The van der Waals surface area contributed by atoms with Gasteiger partial charge in [-0.3, -0.25) is 5.41 Å². The molecule has 2 N–H and O–H groups in total. The summed E-state index contributed by atoms with van der Waals surface area (Å²) in [4.78, 5) is 0. The molecule has 0 bridgehead atoms. The summed E-state index contributed by atoms with van der Waals surface area (Å²) >= 11 is 0. The number of para-hydroxylation sites is 3. The molecule has 5 heteroatoms. The summed E-state index contributed by atoms with van der Waals surface area (Å²) in [6.45, 7) is 5.25. The van der Waals surface area contributed by atoms with Crippen LogP contribution in [0.25, 0.3) is 11.0 Å². The van der Waals surface area contributed by atoms with Crippen LogP contribution < -0.4 is 10.4 Å². The van der Waals surface area contributed by atoms with Gasteiger partial charge in [0.2, 0.25) is 5.62 Å². The van der Waals surface area contributed by atoms with E-state index in [9.17, 15) is 5.11 Å². The quantitative estimate of drug-likeness (QED) is 0.732. The Labute approximate surface area is 141 Å². The van der Waals surface area contributed by atoms with Gasteiger partial charge in [-0.05, 0) is 37.6 Å². The van der Waals surface area contributed by atoms with Gasteiger partial charge < -0.3 is 19.0 Å². The van der Waals surface area contributed by atoms with Crippen molar-refractivity contribution >= 4 is 11.0 Å². The van der Waals surface area contributed by atoms with Crippen molar-refractivity contribution < 1.29 is 9.84 Å². The summed E-state index contributed by atoms with van der Waals surface area (Å²) in [5.74, 6) is 0.781. The number of hydrogen-bond acceptors (Lipinski definition) is 3. The molecule has 0 radical (unpaired) electrons. The molecule has 3 aromatic rings. The topological polar surface area (TPSA) is 63.2 Å². The fraction of sp³-hybridized carbons (Fsp3) is 0.316. The minimum absolute atomic E-state index is 0.197. The van der Waals surface area contributed by atoms with E-state index in [1.807, 2.05) is 71.5 Å². The smallest absolute Gasteiger partial charge is 0.203 e. The van der Waals surface area contributed by atoms with Crippen LogP contribution in [0.1, 0.15) is 12.5 Å². The monoisotopic (exact) mass is 325 g/mol. The van der Waals surface area contributed by atoms with Crippen LogP contribution in [0.4, 0.5) is 0 Å². The van der Waals surface area contributed by atoms with Crippen LogP contribution >= 0.6 is 0 Å². The first kappa shape index (κ1) is 16.3. The number of fused-ring (bicyclic) bond motifs is 1. The van der Waals surface area contributed by atoms with E-state index < -0.39 is 6.10 Å². The molecular weight excluding hydrogens is 302 g/mol. The van der Waals surface area contributed by atoms with E-state index in [2.05, 4.69) is 0 Å². The average Bonchev–Trinajstić information content (AvgIpc) is 2.86. The summed E-state index contributed by atoms with van der Waals surface area (Å²) in [6, 6.07) is 15.7. The third kappa shape index (κ3) is 3.08. The highest BCUT2D eigenvalue weighted by Gasteiger charge is 2.14. The number of aromatic nitrogens is 2. The first-order chi connectivity index (χ1) is 11.6. The maximum Gasteiger partial charge on any atom is 0.203 e. The first-order valence-corrected chi connectivity index (χ1v) is 8.21. The first-order valence-electron chi connectivity index (χ1n) is 8.21. The summed E-state index contributed by atoms with van der Waals surface area (Å²) in [5, 5.41) is 18.8. The molecule has 0 aliphatic carbocycles. The minimum atomic E-state index is -0.685. The molecule has 1 heterocycles. The van der Waals surface area contributed by atoms with Gasteiger partial charge in [0, 0.05) is 6.54 Å². The second kappa shape index (κ2) is 6.93. The molecule has 0 aliphatic heterocycles. The molecule has 0 saturated heterocycles. The number of nitrogens with one attached hydrogen (secondary N) is 1. The number of aryl methyl sites for hydroxylation is 2. The second-order valence-electron chi connectivity index (χ2n) is 5.90. The number of aliphatic hydroxyl groups is 1. The van der Waals surface area contributed by atoms with E-state index in [0.29, 0.717) is 12.2 Å². The molecule has 0 spiro atoms. The Kier molecular flexibility index (Phi) is 4.71.